The molecule has 2 aliphatic rings. The van der Waals surface area contributed by atoms with E-state index in [2.05, 4.69) is 5.10 Å². The van der Waals surface area contributed by atoms with Crippen molar-refractivity contribution in [1.29, 1.82) is 0 Å². The van der Waals surface area contributed by atoms with Crippen LogP contribution in [-0.4, -0.2) is 57.7 Å². The third-order valence-electron chi connectivity index (χ3n) is 5.04. The van der Waals surface area contributed by atoms with Gasteiger partial charge in [-0.15, -0.1) is 0 Å². The first-order valence-electron chi connectivity index (χ1n) is 9.80. The van der Waals surface area contributed by atoms with Crippen molar-refractivity contribution in [2.75, 3.05) is 13.2 Å². The monoisotopic (exact) mass is 399 g/mol. The molecule has 1 amide bonds. The van der Waals surface area contributed by atoms with Crippen LogP contribution in [-0.2, 0) is 30.3 Å². The van der Waals surface area contributed by atoms with Gasteiger partial charge in [-0.25, -0.2) is 4.68 Å². The fraction of sp³-hybridized carbons (Fsp3) is 0.476. The lowest BCUT2D eigenvalue weighted by molar-refractivity contribution is -0.157. The highest BCUT2D eigenvalue weighted by Gasteiger charge is 2.38. The van der Waals surface area contributed by atoms with Gasteiger partial charge < -0.3 is 19.1 Å². The number of hydrogen-bond donors (Lipinski definition) is 0. The fourth-order valence-corrected chi connectivity index (χ4v) is 3.68. The second kappa shape index (κ2) is 7.96. The molecule has 8 nitrogen and oxygen atoms in total. The molecule has 2 aliphatic heterocycles. The number of carbonyl (C=O) groups excluding carboxylic acids is 2. The summed E-state index contributed by atoms with van der Waals surface area (Å²) in [7, 11) is 0. The van der Waals surface area contributed by atoms with E-state index in [1.807, 2.05) is 50.2 Å². The molecule has 8 heteroatoms. The maximum absolute atomic E-state index is 13.1. The van der Waals surface area contributed by atoms with Gasteiger partial charge in [-0.1, -0.05) is 18.2 Å². The fourth-order valence-electron chi connectivity index (χ4n) is 3.68. The minimum atomic E-state index is -0.745. The average Bonchev–Trinajstić information content (AvgIpc) is 3.42. The van der Waals surface area contributed by atoms with Gasteiger partial charge >= 0.3 is 5.97 Å². The summed E-state index contributed by atoms with van der Waals surface area (Å²) in [5.74, 6) is -1.23. The molecule has 0 radical (unpaired) electrons. The highest BCUT2D eigenvalue weighted by atomic mass is 16.7. The lowest BCUT2D eigenvalue weighted by Gasteiger charge is -2.28. The van der Waals surface area contributed by atoms with E-state index in [0.717, 1.165) is 11.4 Å². The quantitative estimate of drug-likeness (QED) is 0.692. The number of nitrogens with zero attached hydrogens (tertiary/aromatic N) is 3. The van der Waals surface area contributed by atoms with Gasteiger partial charge in [0.15, 0.2) is 11.9 Å². The Kier molecular flexibility index (Phi) is 5.38. The molecule has 4 rings (SSSR count). The molecule has 154 valence electrons. The van der Waals surface area contributed by atoms with E-state index < -0.39 is 11.9 Å². The van der Waals surface area contributed by atoms with Gasteiger partial charge in [0.2, 0.25) is 0 Å². The van der Waals surface area contributed by atoms with Crippen LogP contribution < -0.4 is 0 Å². The average molecular weight is 399 g/mol. The zero-order chi connectivity index (χ0) is 20.4. The van der Waals surface area contributed by atoms with E-state index in [4.69, 9.17) is 14.2 Å². The third kappa shape index (κ3) is 4.49. The van der Waals surface area contributed by atoms with Crippen LogP contribution >= 0.6 is 0 Å². The Bertz CT molecular complexity index is 879. The molecule has 0 N–H and O–H groups in total. The molecule has 29 heavy (non-hydrogen) atoms. The lowest BCUT2D eigenvalue weighted by Crippen LogP contribution is -2.44. The van der Waals surface area contributed by atoms with Crippen LogP contribution in [0.25, 0.3) is 5.69 Å². The summed E-state index contributed by atoms with van der Waals surface area (Å²) in [4.78, 5) is 26.3. The van der Waals surface area contributed by atoms with Crippen molar-refractivity contribution in [2.45, 2.75) is 51.2 Å². The van der Waals surface area contributed by atoms with E-state index in [1.165, 1.54) is 0 Å². The molecule has 2 saturated heterocycles. The maximum atomic E-state index is 13.1. The van der Waals surface area contributed by atoms with Crippen molar-refractivity contribution in [2.24, 2.45) is 0 Å². The zero-order valence-electron chi connectivity index (χ0n) is 16.6. The van der Waals surface area contributed by atoms with E-state index in [-0.39, 0.29) is 24.4 Å². The predicted octanol–water partition coefficient (Wildman–Crippen LogP) is 2.06. The van der Waals surface area contributed by atoms with Crippen LogP contribution in [0.3, 0.4) is 0 Å². The van der Waals surface area contributed by atoms with Crippen LogP contribution in [0.2, 0.25) is 0 Å². The molecular formula is C21H25N3O5. The smallest absolute Gasteiger partial charge is 0.306 e. The number of ether oxygens (including phenoxy) is 3. The number of benzene rings is 1. The predicted molar refractivity (Wildman–Crippen MR) is 103 cm³/mol. The highest BCUT2D eigenvalue weighted by Crippen LogP contribution is 2.25. The number of para-hydroxylation sites is 1. The Morgan fingerprint density at radius 1 is 1.28 bits per heavy atom. The van der Waals surface area contributed by atoms with Crippen LogP contribution in [0.5, 0.6) is 0 Å². The van der Waals surface area contributed by atoms with Gasteiger partial charge in [-0.05, 0) is 32.0 Å². The van der Waals surface area contributed by atoms with Crippen molar-refractivity contribution in [3.05, 3.63) is 48.3 Å². The van der Waals surface area contributed by atoms with Gasteiger partial charge in [0.05, 0.1) is 24.5 Å². The second-order valence-electron chi connectivity index (χ2n) is 7.76. The number of aromatic nitrogens is 2. The molecule has 2 atom stereocenters. The number of carbonyl (C=O) groups is 2. The molecule has 3 heterocycles. The first-order valence-corrected chi connectivity index (χ1v) is 9.80. The Labute approximate surface area is 169 Å². The highest BCUT2D eigenvalue weighted by molar-refractivity contribution is 5.86. The minimum absolute atomic E-state index is 0.218. The van der Waals surface area contributed by atoms with Crippen molar-refractivity contribution < 1.29 is 23.8 Å². The number of cyclic esters (lactones) is 1. The molecule has 0 saturated carbocycles. The Morgan fingerprint density at radius 3 is 2.72 bits per heavy atom. The summed E-state index contributed by atoms with van der Waals surface area (Å²) < 4.78 is 18.6. The summed E-state index contributed by atoms with van der Waals surface area (Å²) in [6.07, 6.45) is 1.38. The zero-order valence-corrected chi connectivity index (χ0v) is 16.6. The first-order chi connectivity index (χ1) is 13.9. The van der Waals surface area contributed by atoms with E-state index >= 15 is 0 Å². The largest absolute Gasteiger partial charge is 0.452 e. The van der Waals surface area contributed by atoms with Crippen molar-refractivity contribution >= 4 is 11.9 Å². The molecule has 0 bridgehead atoms. The van der Waals surface area contributed by atoms with E-state index in [1.54, 1.807) is 15.8 Å². The maximum Gasteiger partial charge on any atom is 0.306 e. The molecule has 0 unspecified atom stereocenters. The van der Waals surface area contributed by atoms with Crippen molar-refractivity contribution in [1.82, 2.24) is 14.7 Å². The summed E-state index contributed by atoms with van der Waals surface area (Å²) in [5, 5.41) is 4.40. The van der Waals surface area contributed by atoms with Gasteiger partial charge in [0, 0.05) is 25.6 Å². The van der Waals surface area contributed by atoms with Crippen LogP contribution in [0.15, 0.2) is 42.6 Å². The topological polar surface area (TPSA) is 82.9 Å². The minimum Gasteiger partial charge on any atom is -0.452 e. The standard InChI is InChI=1S/C21H25N3O5/c1-21(2)27-14-17(29-21)13-23(20(26)18-8-9-19(25)28-18)12-16-10-11-22-24(16)15-6-4-3-5-7-15/h3-7,10-11,17-18H,8-9,12-14H2,1-2H3/t17-,18-/m0/s1. The van der Waals surface area contributed by atoms with Gasteiger partial charge in [0.25, 0.3) is 5.91 Å². The molecule has 1 aromatic heterocycles. The molecule has 0 spiro atoms. The first kappa shape index (κ1) is 19.6. The Balaban J connectivity index is 1.55. The van der Waals surface area contributed by atoms with Crippen LogP contribution in [0.1, 0.15) is 32.4 Å². The number of esters is 1. The van der Waals surface area contributed by atoms with E-state index in [9.17, 15) is 9.59 Å². The van der Waals surface area contributed by atoms with Crippen molar-refractivity contribution in [3.8, 4) is 5.69 Å². The second-order valence-corrected chi connectivity index (χ2v) is 7.76. The SMILES string of the molecule is CC1(C)OC[C@H](CN(Cc2ccnn2-c2ccccc2)C(=O)[C@@H]2CCC(=O)O2)O1. The van der Waals surface area contributed by atoms with Crippen LogP contribution in [0, 0.1) is 0 Å². The number of rotatable bonds is 6. The summed E-state index contributed by atoms with van der Waals surface area (Å²) in [6.45, 7) is 4.77. The lowest BCUT2D eigenvalue weighted by atomic mass is 10.2. The summed E-state index contributed by atoms with van der Waals surface area (Å²) >= 11 is 0. The van der Waals surface area contributed by atoms with E-state index in [0.29, 0.717) is 26.1 Å². The molecule has 2 fully saturated rings. The van der Waals surface area contributed by atoms with Crippen molar-refractivity contribution in [3.63, 3.8) is 0 Å². The molecule has 1 aromatic carbocycles. The Morgan fingerprint density at radius 2 is 2.07 bits per heavy atom. The summed E-state index contributed by atoms with van der Waals surface area (Å²) in [6, 6.07) is 11.6. The normalized spacial score (nSPS) is 23.2. The van der Waals surface area contributed by atoms with Crippen LogP contribution in [0.4, 0.5) is 0 Å². The molecule has 2 aromatic rings. The Hall–Kier alpha value is -2.71. The summed E-state index contributed by atoms with van der Waals surface area (Å²) in [5.41, 5.74) is 1.76. The number of amides is 1. The number of hydrogen-bond acceptors (Lipinski definition) is 6. The van der Waals surface area contributed by atoms with Gasteiger partial charge in [-0.3, -0.25) is 9.59 Å². The molecular weight excluding hydrogens is 374 g/mol. The van der Waals surface area contributed by atoms with Gasteiger partial charge in [-0.2, -0.15) is 5.10 Å². The molecule has 0 aliphatic carbocycles. The van der Waals surface area contributed by atoms with Gasteiger partial charge in [0.1, 0.15) is 6.10 Å². The third-order valence-corrected chi connectivity index (χ3v) is 5.04.